The van der Waals surface area contributed by atoms with Crippen LogP contribution in [0.4, 0.5) is 0 Å². The van der Waals surface area contributed by atoms with E-state index in [1.807, 2.05) is 54.6 Å². The minimum Gasteiger partial charge on any atom is -0.385 e. The second-order valence-corrected chi connectivity index (χ2v) is 5.56. The Morgan fingerprint density at radius 2 is 1.62 bits per heavy atom. The maximum absolute atomic E-state index is 12.5. The monoisotopic (exact) mass is 281 g/mol. The van der Waals surface area contributed by atoms with Crippen molar-refractivity contribution in [1.82, 2.24) is 5.32 Å². The van der Waals surface area contributed by atoms with E-state index in [9.17, 15) is 9.90 Å². The summed E-state index contributed by atoms with van der Waals surface area (Å²) in [4.78, 5) is 12.5. The predicted octanol–water partition coefficient (Wildman–Crippen LogP) is 2.49. The molecule has 0 saturated carbocycles. The van der Waals surface area contributed by atoms with Crippen LogP contribution in [-0.2, 0) is 5.60 Å². The molecule has 21 heavy (non-hydrogen) atoms. The van der Waals surface area contributed by atoms with Crippen molar-refractivity contribution >= 4 is 5.78 Å². The summed E-state index contributed by atoms with van der Waals surface area (Å²) in [5.41, 5.74) is 1.32. The average molecular weight is 281 g/mol. The Bertz CT molecular complexity index is 631. The van der Waals surface area contributed by atoms with Crippen molar-refractivity contribution in [2.75, 3.05) is 13.1 Å². The summed E-state index contributed by atoms with van der Waals surface area (Å²) < 4.78 is 0. The SMILES string of the molecule is O=C(c1ccccc1)c1cccc(C2(O)CCNCC2)c1. The molecule has 2 aromatic rings. The van der Waals surface area contributed by atoms with Gasteiger partial charge in [-0.1, -0.05) is 48.5 Å². The third kappa shape index (κ3) is 2.89. The van der Waals surface area contributed by atoms with Crippen LogP contribution in [0.1, 0.15) is 34.3 Å². The number of rotatable bonds is 3. The van der Waals surface area contributed by atoms with Gasteiger partial charge in [0.25, 0.3) is 0 Å². The summed E-state index contributed by atoms with van der Waals surface area (Å²) >= 11 is 0. The van der Waals surface area contributed by atoms with E-state index in [-0.39, 0.29) is 5.78 Å². The van der Waals surface area contributed by atoms with Crippen LogP contribution in [0.2, 0.25) is 0 Å². The lowest BCUT2D eigenvalue weighted by Gasteiger charge is -2.33. The van der Waals surface area contributed by atoms with Gasteiger partial charge >= 0.3 is 0 Å². The van der Waals surface area contributed by atoms with E-state index in [0.29, 0.717) is 24.0 Å². The Kier molecular flexibility index (Phi) is 3.86. The summed E-state index contributed by atoms with van der Waals surface area (Å²) in [6.45, 7) is 1.60. The van der Waals surface area contributed by atoms with Gasteiger partial charge in [0.1, 0.15) is 0 Å². The lowest BCUT2D eigenvalue weighted by atomic mass is 9.84. The number of ketones is 1. The quantitative estimate of drug-likeness (QED) is 0.850. The first-order valence-electron chi connectivity index (χ1n) is 7.32. The molecule has 2 N–H and O–H groups in total. The van der Waals surface area contributed by atoms with E-state index in [0.717, 1.165) is 18.7 Å². The van der Waals surface area contributed by atoms with Crippen LogP contribution in [0, 0.1) is 0 Å². The summed E-state index contributed by atoms with van der Waals surface area (Å²) in [5.74, 6) is -0.00464. The Morgan fingerprint density at radius 1 is 0.952 bits per heavy atom. The molecule has 2 aromatic carbocycles. The fraction of sp³-hybridized carbons (Fsp3) is 0.278. The molecule has 0 atom stereocenters. The molecule has 1 fully saturated rings. The van der Waals surface area contributed by atoms with Crippen molar-refractivity contribution in [2.45, 2.75) is 18.4 Å². The number of nitrogens with one attached hydrogen (secondary N) is 1. The van der Waals surface area contributed by atoms with Crippen molar-refractivity contribution < 1.29 is 9.90 Å². The van der Waals surface area contributed by atoms with Gasteiger partial charge in [-0.3, -0.25) is 4.79 Å². The lowest BCUT2D eigenvalue weighted by Crippen LogP contribution is -2.39. The molecule has 1 saturated heterocycles. The van der Waals surface area contributed by atoms with Gasteiger partial charge in [0.2, 0.25) is 0 Å². The van der Waals surface area contributed by atoms with E-state index >= 15 is 0 Å². The van der Waals surface area contributed by atoms with Gasteiger partial charge < -0.3 is 10.4 Å². The Hall–Kier alpha value is -1.97. The predicted molar refractivity (Wildman–Crippen MR) is 82.3 cm³/mol. The molecule has 3 nitrogen and oxygen atoms in total. The van der Waals surface area contributed by atoms with E-state index in [4.69, 9.17) is 0 Å². The first-order valence-corrected chi connectivity index (χ1v) is 7.32. The highest BCUT2D eigenvalue weighted by molar-refractivity contribution is 6.09. The minimum absolute atomic E-state index is 0.00464. The van der Waals surface area contributed by atoms with Crippen LogP contribution in [0.15, 0.2) is 54.6 Å². The second kappa shape index (κ2) is 5.80. The van der Waals surface area contributed by atoms with E-state index < -0.39 is 5.60 Å². The van der Waals surface area contributed by atoms with Crippen molar-refractivity contribution in [2.24, 2.45) is 0 Å². The smallest absolute Gasteiger partial charge is 0.193 e. The number of hydrogen-bond donors (Lipinski definition) is 2. The molecule has 3 heteroatoms. The van der Waals surface area contributed by atoms with Crippen LogP contribution >= 0.6 is 0 Å². The first-order chi connectivity index (χ1) is 10.2. The summed E-state index contributed by atoms with van der Waals surface area (Å²) in [6.07, 6.45) is 1.35. The molecule has 0 spiro atoms. The molecule has 0 radical (unpaired) electrons. The molecule has 0 aliphatic carbocycles. The van der Waals surface area contributed by atoms with Crippen LogP contribution in [0.3, 0.4) is 0 Å². The Morgan fingerprint density at radius 3 is 2.33 bits per heavy atom. The van der Waals surface area contributed by atoms with Crippen LogP contribution in [0.25, 0.3) is 0 Å². The third-order valence-corrected chi connectivity index (χ3v) is 4.13. The molecule has 1 aliphatic heterocycles. The summed E-state index contributed by atoms with van der Waals surface area (Å²) in [6, 6.07) is 16.6. The zero-order valence-corrected chi connectivity index (χ0v) is 11.9. The molecule has 0 unspecified atom stereocenters. The second-order valence-electron chi connectivity index (χ2n) is 5.56. The molecule has 0 aromatic heterocycles. The zero-order chi connectivity index (χ0) is 14.7. The minimum atomic E-state index is -0.821. The fourth-order valence-corrected chi connectivity index (χ4v) is 2.84. The van der Waals surface area contributed by atoms with Crippen molar-refractivity contribution in [1.29, 1.82) is 0 Å². The highest BCUT2D eigenvalue weighted by Gasteiger charge is 2.31. The molecule has 1 aliphatic rings. The van der Waals surface area contributed by atoms with Gasteiger partial charge in [0, 0.05) is 11.1 Å². The van der Waals surface area contributed by atoms with Gasteiger partial charge in [-0.25, -0.2) is 0 Å². The molecule has 3 rings (SSSR count). The number of aliphatic hydroxyl groups is 1. The fourth-order valence-electron chi connectivity index (χ4n) is 2.84. The lowest BCUT2D eigenvalue weighted by molar-refractivity contribution is 0.00591. The van der Waals surface area contributed by atoms with E-state index in [2.05, 4.69) is 5.32 Å². The molecule has 0 bridgehead atoms. The number of carbonyl (C=O) groups excluding carboxylic acids is 1. The van der Waals surface area contributed by atoms with Crippen molar-refractivity contribution in [3.05, 3.63) is 71.3 Å². The van der Waals surface area contributed by atoms with Crippen molar-refractivity contribution in [3.8, 4) is 0 Å². The van der Waals surface area contributed by atoms with Crippen molar-refractivity contribution in [3.63, 3.8) is 0 Å². The topological polar surface area (TPSA) is 49.3 Å². The summed E-state index contributed by atoms with van der Waals surface area (Å²) in [7, 11) is 0. The number of carbonyl (C=O) groups is 1. The molecule has 1 heterocycles. The van der Waals surface area contributed by atoms with E-state index in [1.54, 1.807) is 0 Å². The Balaban J connectivity index is 1.91. The largest absolute Gasteiger partial charge is 0.385 e. The number of piperidine rings is 1. The zero-order valence-electron chi connectivity index (χ0n) is 11.9. The normalized spacial score (nSPS) is 17.4. The first kappa shape index (κ1) is 14.0. The van der Waals surface area contributed by atoms with Gasteiger partial charge in [0.05, 0.1) is 5.60 Å². The van der Waals surface area contributed by atoms with Crippen LogP contribution in [-0.4, -0.2) is 24.0 Å². The van der Waals surface area contributed by atoms with Gasteiger partial charge in [-0.2, -0.15) is 0 Å². The molecule has 0 amide bonds. The average Bonchev–Trinajstić information content (AvgIpc) is 2.56. The van der Waals surface area contributed by atoms with Gasteiger partial charge in [0.15, 0.2) is 5.78 Å². The van der Waals surface area contributed by atoms with E-state index in [1.165, 1.54) is 0 Å². The number of hydrogen-bond acceptors (Lipinski definition) is 3. The highest BCUT2D eigenvalue weighted by atomic mass is 16.3. The van der Waals surface area contributed by atoms with Gasteiger partial charge in [-0.05, 0) is 37.6 Å². The number of benzene rings is 2. The van der Waals surface area contributed by atoms with Crippen LogP contribution in [0.5, 0.6) is 0 Å². The Labute approximate surface area is 124 Å². The molecular formula is C18H19NO2. The standard InChI is InChI=1S/C18H19NO2/c20-17(14-5-2-1-3-6-14)15-7-4-8-16(13-15)18(21)9-11-19-12-10-18/h1-8,13,19,21H,9-12H2. The summed E-state index contributed by atoms with van der Waals surface area (Å²) in [5, 5.41) is 14.0. The van der Waals surface area contributed by atoms with Gasteiger partial charge in [-0.15, -0.1) is 0 Å². The third-order valence-electron chi connectivity index (χ3n) is 4.13. The highest BCUT2D eigenvalue weighted by Crippen LogP contribution is 2.31. The molecule has 108 valence electrons. The maximum atomic E-state index is 12.5. The maximum Gasteiger partial charge on any atom is 0.193 e. The molecular weight excluding hydrogens is 262 g/mol. The van der Waals surface area contributed by atoms with Crippen LogP contribution < -0.4 is 5.32 Å².